The fraction of sp³-hybridized carbons (Fsp3) is 0.429. The number of hydrogen-bond donors (Lipinski definition) is 3. The van der Waals surface area contributed by atoms with Crippen LogP contribution >= 0.6 is 0 Å². The van der Waals surface area contributed by atoms with Gasteiger partial charge in [-0.25, -0.2) is 9.18 Å². The zero-order valence-electron chi connectivity index (χ0n) is 12.3. The Morgan fingerprint density at radius 2 is 1.86 bits per heavy atom. The molecule has 0 saturated carbocycles. The Morgan fingerprint density at radius 1 is 1.19 bits per heavy atom. The number of urea groups is 1. The number of likely N-dealkylation sites (N-methyl/N-ethyl adjacent to an activating group) is 2. The van der Waals surface area contributed by atoms with Crippen LogP contribution in [0.25, 0.3) is 0 Å². The van der Waals surface area contributed by atoms with E-state index in [4.69, 9.17) is 0 Å². The minimum absolute atomic E-state index is 0.0601. The number of benzene rings is 1. The molecular formula is C14H21FN4O2. The minimum atomic E-state index is -0.435. The first-order valence-corrected chi connectivity index (χ1v) is 6.67. The Balaban J connectivity index is 2.24. The summed E-state index contributed by atoms with van der Waals surface area (Å²) in [4.78, 5) is 24.8. The van der Waals surface area contributed by atoms with E-state index in [2.05, 4.69) is 16.0 Å². The van der Waals surface area contributed by atoms with Gasteiger partial charge in [-0.1, -0.05) is 12.1 Å². The van der Waals surface area contributed by atoms with Gasteiger partial charge in [-0.15, -0.1) is 0 Å². The number of carbonyl (C=O) groups excluding carboxylic acids is 2. The van der Waals surface area contributed by atoms with Gasteiger partial charge in [0.1, 0.15) is 5.82 Å². The van der Waals surface area contributed by atoms with Gasteiger partial charge in [0.05, 0.1) is 6.54 Å². The fourth-order valence-corrected chi connectivity index (χ4v) is 1.54. The molecule has 0 fully saturated rings. The van der Waals surface area contributed by atoms with Gasteiger partial charge >= 0.3 is 6.03 Å². The van der Waals surface area contributed by atoms with Crippen LogP contribution in [0.4, 0.5) is 9.18 Å². The second-order valence-corrected chi connectivity index (χ2v) is 4.58. The molecule has 1 aromatic carbocycles. The van der Waals surface area contributed by atoms with E-state index in [-0.39, 0.29) is 24.8 Å². The Hall–Kier alpha value is -2.15. The van der Waals surface area contributed by atoms with Crippen LogP contribution in [-0.2, 0) is 11.3 Å². The summed E-state index contributed by atoms with van der Waals surface area (Å²) >= 11 is 0. The van der Waals surface area contributed by atoms with Crippen LogP contribution in [0.15, 0.2) is 24.3 Å². The maximum atomic E-state index is 12.7. The molecule has 21 heavy (non-hydrogen) atoms. The average molecular weight is 296 g/mol. The molecule has 6 nitrogen and oxygen atoms in total. The van der Waals surface area contributed by atoms with Crippen molar-refractivity contribution in [1.82, 2.24) is 20.9 Å². The summed E-state index contributed by atoms with van der Waals surface area (Å²) in [6.07, 6.45) is 0. The van der Waals surface area contributed by atoms with Gasteiger partial charge in [-0.05, 0) is 24.7 Å². The molecule has 116 valence electrons. The van der Waals surface area contributed by atoms with E-state index in [0.29, 0.717) is 13.1 Å². The van der Waals surface area contributed by atoms with Crippen LogP contribution in [0.3, 0.4) is 0 Å². The summed E-state index contributed by atoms with van der Waals surface area (Å²) < 4.78 is 12.7. The van der Waals surface area contributed by atoms with Gasteiger partial charge in [0.15, 0.2) is 0 Å². The molecule has 0 aliphatic rings. The summed E-state index contributed by atoms with van der Waals surface area (Å²) in [6, 6.07) is 5.40. The summed E-state index contributed by atoms with van der Waals surface area (Å²) in [6.45, 7) is 1.48. The molecule has 3 N–H and O–H groups in total. The van der Waals surface area contributed by atoms with E-state index in [0.717, 1.165) is 5.56 Å². The summed E-state index contributed by atoms with van der Waals surface area (Å²) in [5, 5.41) is 8.03. The molecule has 0 heterocycles. The van der Waals surface area contributed by atoms with Crippen LogP contribution in [0.2, 0.25) is 0 Å². The Kier molecular flexibility index (Phi) is 7.17. The Labute approximate surface area is 123 Å². The highest BCUT2D eigenvalue weighted by Gasteiger charge is 2.09. The van der Waals surface area contributed by atoms with Crippen molar-refractivity contribution in [2.75, 3.05) is 33.7 Å². The van der Waals surface area contributed by atoms with E-state index in [1.165, 1.54) is 17.0 Å². The van der Waals surface area contributed by atoms with Gasteiger partial charge in [0.25, 0.3) is 0 Å². The maximum absolute atomic E-state index is 12.7. The van der Waals surface area contributed by atoms with Crippen LogP contribution in [0, 0.1) is 5.82 Å². The van der Waals surface area contributed by atoms with Gasteiger partial charge in [0.2, 0.25) is 5.91 Å². The number of nitrogens with zero attached hydrogens (tertiary/aromatic N) is 1. The summed E-state index contributed by atoms with van der Waals surface area (Å²) in [5.41, 5.74) is 0.781. The zero-order valence-corrected chi connectivity index (χ0v) is 12.3. The third-order valence-corrected chi connectivity index (χ3v) is 2.89. The average Bonchev–Trinajstić information content (AvgIpc) is 2.49. The topological polar surface area (TPSA) is 73.5 Å². The lowest BCUT2D eigenvalue weighted by Gasteiger charge is -2.17. The quantitative estimate of drug-likeness (QED) is 0.678. The molecule has 0 aliphatic heterocycles. The van der Waals surface area contributed by atoms with E-state index >= 15 is 0 Å². The number of halogens is 1. The van der Waals surface area contributed by atoms with Crippen molar-refractivity contribution in [3.63, 3.8) is 0 Å². The largest absolute Gasteiger partial charge is 0.343 e. The van der Waals surface area contributed by atoms with Crippen molar-refractivity contribution < 1.29 is 14.0 Å². The van der Waals surface area contributed by atoms with Gasteiger partial charge < -0.3 is 20.9 Å². The zero-order chi connectivity index (χ0) is 15.7. The summed E-state index contributed by atoms with van der Waals surface area (Å²) in [5.74, 6) is -0.486. The normalized spacial score (nSPS) is 10.0. The molecule has 0 aliphatic carbocycles. The first-order valence-electron chi connectivity index (χ1n) is 6.67. The Morgan fingerprint density at radius 3 is 2.48 bits per heavy atom. The van der Waals surface area contributed by atoms with Crippen LogP contribution in [0.1, 0.15) is 5.56 Å². The predicted molar refractivity (Wildman–Crippen MR) is 78.2 cm³/mol. The monoisotopic (exact) mass is 296 g/mol. The molecule has 1 rings (SSSR count). The molecule has 0 atom stereocenters. The Bertz CT molecular complexity index is 465. The van der Waals surface area contributed by atoms with E-state index in [9.17, 15) is 14.0 Å². The highest BCUT2D eigenvalue weighted by atomic mass is 19.1. The second kappa shape index (κ2) is 8.91. The third-order valence-electron chi connectivity index (χ3n) is 2.89. The lowest BCUT2D eigenvalue weighted by Crippen LogP contribution is -2.43. The number of carbonyl (C=O) groups is 2. The van der Waals surface area contributed by atoms with Crippen molar-refractivity contribution in [2.45, 2.75) is 6.54 Å². The predicted octanol–water partition coefficient (Wildman–Crippen LogP) is 0.303. The second-order valence-electron chi connectivity index (χ2n) is 4.58. The lowest BCUT2D eigenvalue weighted by molar-refractivity contribution is -0.128. The highest BCUT2D eigenvalue weighted by molar-refractivity contribution is 5.83. The molecule has 0 unspecified atom stereocenters. The van der Waals surface area contributed by atoms with E-state index in [1.54, 1.807) is 26.2 Å². The van der Waals surface area contributed by atoms with Gasteiger partial charge in [-0.2, -0.15) is 0 Å². The number of rotatable bonds is 7. The molecule has 0 aromatic heterocycles. The molecular weight excluding hydrogens is 275 g/mol. The number of hydrogen-bond acceptors (Lipinski definition) is 3. The molecule has 0 radical (unpaired) electrons. The molecule has 0 bridgehead atoms. The van der Waals surface area contributed by atoms with E-state index < -0.39 is 6.03 Å². The number of nitrogens with one attached hydrogen (secondary N) is 3. The maximum Gasteiger partial charge on any atom is 0.315 e. The molecule has 7 heteroatoms. The smallest absolute Gasteiger partial charge is 0.315 e. The van der Waals surface area contributed by atoms with Crippen molar-refractivity contribution >= 4 is 11.9 Å². The minimum Gasteiger partial charge on any atom is -0.343 e. The molecule has 0 saturated heterocycles. The number of amides is 3. The van der Waals surface area contributed by atoms with E-state index in [1.807, 2.05) is 0 Å². The third kappa shape index (κ3) is 6.71. The SMILES string of the molecule is CNCCN(C)C(=O)CNC(=O)NCc1ccc(F)cc1. The van der Waals surface area contributed by atoms with Crippen LogP contribution in [0.5, 0.6) is 0 Å². The van der Waals surface area contributed by atoms with Crippen molar-refractivity contribution in [2.24, 2.45) is 0 Å². The standard InChI is InChI=1S/C14H21FN4O2/c1-16-7-8-19(2)13(20)10-18-14(21)17-9-11-3-5-12(15)6-4-11/h3-6,16H,7-10H2,1-2H3,(H2,17,18,21). The van der Waals surface area contributed by atoms with Crippen molar-refractivity contribution in [3.05, 3.63) is 35.6 Å². The first kappa shape index (κ1) is 16.9. The fourth-order valence-electron chi connectivity index (χ4n) is 1.54. The first-order chi connectivity index (χ1) is 10.0. The van der Waals surface area contributed by atoms with Gasteiger partial charge in [-0.3, -0.25) is 4.79 Å². The van der Waals surface area contributed by atoms with Crippen molar-refractivity contribution in [1.29, 1.82) is 0 Å². The van der Waals surface area contributed by atoms with Crippen LogP contribution in [-0.4, -0.2) is 50.6 Å². The molecule has 3 amide bonds. The van der Waals surface area contributed by atoms with Crippen molar-refractivity contribution in [3.8, 4) is 0 Å². The van der Waals surface area contributed by atoms with Gasteiger partial charge in [0, 0.05) is 26.7 Å². The lowest BCUT2D eigenvalue weighted by atomic mass is 10.2. The van der Waals surface area contributed by atoms with Crippen LogP contribution < -0.4 is 16.0 Å². The molecule has 0 spiro atoms. The summed E-state index contributed by atoms with van der Waals surface area (Å²) in [7, 11) is 3.48. The highest BCUT2D eigenvalue weighted by Crippen LogP contribution is 2.01. The molecule has 1 aromatic rings.